The third-order valence-corrected chi connectivity index (χ3v) is 2.72. The molecule has 1 atom stereocenters. The Hall–Kier alpha value is -0.720. The Morgan fingerprint density at radius 2 is 1.82 bits per heavy atom. The molecular formula is C10H16O. The second-order valence-electron chi connectivity index (χ2n) is 3.54. The fraction of sp³-hybridized carbons (Fsp3) is 0.600. The number of hydrogen-bond acceptors (Lipinski definition) is 1. The van der Waals surface area contributed by atoms with Crippen molar-refractivity contribution in [3.05, 3.63) is 22.5 Å². The van der Waals surface area contributed by atoms with Crippen LogP contribution < -0.4 is 0 Å². The first-order chi connectivity index (χ1) is 5.04. The summed E-state index contributed by atoms with van der Waals surface area (Å²) in [6.45, 7) is 8.24. The average molecular weight is 152 g/mol. The van der Waals surface area contributed by atoms with Crippen LogP contribution >= 0.6 is 0 Å². The number of aliphatic hydroxyl groups excluding tert-OH is 1. The van der Waals surface area contributed by atoms with Crippen LogP contribution in [0, 0.1) is 5.92 Å². The summed E-state index contributed by atoms with van der Waals surface area (Å²) in [4.78, 5) is 0. The van der Waals surface area contributed by atoms with E-state index in [1.807, 2.05) is 13.8 Å². The molecule has 0 aromatic carbocycles. The molecule has 0 bridgehead atoms. The first-order valence-corrected chi connectivity index (χ1v) is 4.10. The highest BCUT2D eigenvalue weighted by molar-refractivity contribution is 5.36. The smallest absolute Gasteiger partial charge is 0.117 e. The van der Waals surface area contributed by atoms with Gasteiger partial charge in [0.2, 0.25) is 0 Å². The lowest BCUT2D eigenvalue weighted by molar-refractivity contribution is 0.395. The van der Waals surface area contributed by atoms with E-state index >= 15 is 0 Å². The minimum Gasteiger partial charge on any atom is -0.508 e. The van der Waals surface area contributed by atoms with Crippen LogP contribution in [0.3, 0.4) is 0 Å². The first-order valence-electron chi connectivity index (χ1n) is 4.10. The van der Waals surface area contributed by atoms with Gasteiger partial charge < -0.3 is 5.11 Å². The van der Waals surface area contributed by atoms with Crippen LogP contribution in [0.15, 0.2) is 22.5 Å². The molecule has 0 fully saturated rings. The third-order valence-electron chi connectivity index (χ3n) is 2.72. The summed E-state index contributed by atoms with van der Waals surface area (Å²) in [6, 6.07) is 0. The van der Waals surface area contributed by atoms with E-state index in [0.717, 1.165) is 17.6 Å². The Morgan fingerprint density at radius 3 is 2.36 bits per heavy atom. The van der Waals surface area contributed by atoms with Crippen molar-refractivity contribution in [3.63, 3.8) is 0 Å². The van der Waals surface area contributed by atoms with Gasteiger partial charge in [-0.15, -0.1) is 0 Å². The van der Waals surface area contributed by atoms with Gasteiger partial charge in [-0.2, -0.15) is 0 Å². The average Bonchev–Trinajstić information content (AvgIpc) is 1.97. The number of aliphatic hydroxyl groups is 1. The van der Waals surface area contributed by atoms with E-state index in [9.17, 15) is 5.11 Å². The monoisotopic (exact) mass is 152 g/mol. The Bertz CT molecular complexity index is 233. The van der Waals surface area contributed by atoms with Crippen molar-refractivity contribution in [1.82, 2.24) is 0 Å². The van der Waals surface area contributed by atoms with Gasteiger partial charge in [0, 0.05) is 0 Å². The molecule has 1 N–H and O–H groups in total. The van der Waals surface area contributed by atoms with E-state index in [1.165, 1.54) is 5.57 Å². The molecule has 1 nitrogen and oxygen atoms in total. The maximum atomic E-state index is 9.61. The second kappa shape index (κ2) is 2.72. The molecule has 1 aliphatic carbocycles. The molecule has 1 rings (SSSR count). The lowest BCUT2D eigenvalue weighted by atomic mass is 9.85. The SMILES string of the molecule is CC1=C(C)C(O)=C(C)C(C)C1. The van der Waals surface area contributed by atoms with Crippen LogP contribution in [-0.4, -0.2) is 5.11 Å². The summed E-state index contributed by atoms with van der Waals surface area (Å²) < 4.78 is 0. The topological polar surface area (TPSA) is 20.2 Å². The zero-order chi connectivity index (χ0) is 8.59. The van der Waals surface area contributed by atoms with Crippen LogP contribution in [-0.2, 0) is 0 Å². The molecule has 0 spiro atoms. The standard InChI is InChI=1S/C10H16O/c1-6-5-7(2)9(4)10(11)8(6)3/h6,11H,5H2,1-4H3. The van der Waals surface area contributed by atoms with Gasteiger partial charge in [0.05, 0.1) is 0 Å². The second-order valence-corrected chi connectivity index (χ2v) is 3.54. The fourth-order valence-corrected chi connectivity index (χ4v) is 1.50. The summed E-state index contributed by atoms with van der Waals surface area (Å²) in [5.74, 6) is 1.03. The van der Waals surface area contributed by atoms with Gasteiger partial charge >= 0.3 is 0 Å². The largest absolute Gasteiger partial charge is 0.508 e. The zero-order valence-corrected chi connectivity index (χ0v) is 7.73. The van der Waals surface area contributed by atoms with Crippen LogP contribution in [0.5, 0.6) is 0 Å². The maximum Gasteiger partial charge on any atom is 0.117 e. The van der Waals surface area contributed by atoms with Gasteiger partial charge in [-0.3, -0.25) is 0 Å². The fourth-order valence-electron chi connectivity index (χ4n) is 1.50. The van der Waals surface area contributed by atoms with Gasteiger partial charge in [0.1, 0.15) is 5.76 Å². The highest BCUT2D eigenvalue weighted by Crippen LogP contribution is 2.31. The van der Waals surface area contributed by atoms with Crippen molar-refractivity contribution in [3.8, 4) is 0 Å². The molecule has 11 heavy (non-hydrogen) atoms. The van der Waals surface area contributed by atoms with Gasteiger partial charge in [-0.05, 0) is 44.3 Å². The van der Waals surface area contributed by atoms with Crippen LogP contribution in [0.2, 0.25) is 0 Å². The number of allylic oxidation sites excluding steroid dienone is 3. The summed E-state index contributed by atoms with van der Waals surface area (Å²) in [6.07, 6.45) is 1.10. The molecule has 1 heteroatoms. The van der Waals surface area contributed by atoms with Gasteiger partial charge in [0.25, 0.3) is 0 Å². The van der Waals surface area contributed by atoms with Crippen LogP contribution in [0.25, 0.3) is 0 Å². The third kappa shape index (κ3) is 1.32. The van der Waals surface area contributed by atoms with Crippen molar-refractivity contribution in [2.24, 2.45) is 5.92 Å². The Kier molecular flexibility index (Phi) is 2.08. The summed E-state index contributed by atoms with van der Waals surface area (Å²) in [7, 11) is 0. The lowest BCUT2D eigenvalue weighted by Gasteiger charge is -2.22. The molecule has 0 saturated carbocycles. The molecule has 0 amide bonds. The quantitative estimate of drug-likeness (QED) is 0.565. The number of rotatable bonds is 0. The summed E-state index contributed by atoms with van der Waals surface area (Å²) in [5, 5.41) is 9.61. The summed E-state index contributed by atoms with van der Waals surface area (Å²) >= 11 is 0. The van der Waals surface area contributed by atoms with Gasteiger partial charge in [-0.25, -0.2) is 0 Å². The highest BCUT2D eigenvalue weighted by atomic mass is 16.3. The Labute approximate surface area is 68.4 Å². The predicted octanol–water partition coefficient (Wildman–Crippen LogP) is 3.19. The molecule has 1 unspecified atom stereocenters. The van der Waals surface area contributed by atoms with E-state index in [2.05, 4.69) is 13.8 Å². The van der Waals surface area contributed by atoms with E-state index in [4.69, 9.17) is 0 Å². The minimum absolute atomic E-state index is 0.513. The van der Waals surface area contributed by atoms with Crippen LogP contribution in [0.1, 0.15) is 34.1 Å². The van der Waals surface area contributed by atoms with E-state index < -0.39 is 0 Å². The molecule has 62 valence electrons. The molecule has 0 saturated heterocycles. The van der Waals surface area contributed by atoms with Crippen molar-refractivity contribution < 1.29 is 5.11 Å². The van der Waals surface area contributed by atoms with E-state index in [0.29, 0.717) is 11.7 Å². The lowest BCUT2D eigenvalue weighted by Crippen LogP contribution is -2.09. The van der Waals surface area contributed by atoms with Gasteiger partial charge in [0.15, 0.2) is 0 Å². The molecule has 0 aromatic heterocycles. The minimum atomic E-state index is 0.513. The van der Waals surface area contributed by atoms with Crippen molar-refractivity contribution in [1.29, 1.82) is 0 Å². The molecule has 0 heterocycles. The van der Waals surface area contributed by atoms with Gasteiger partial charge in [-0.1, -0.05) is 12.5 Å². The van der Waals surface area contributed by atoms with Crippen molar-refractivity contribution in [2.75, 3.05) is 0 Å². The van der Waals surface area contributed by atoms with Crippen LogP contribution in [0.4, 0.5) is 0 Å². The molecular weight excluding hydrogens is 136 g/mol. The van der Waals surface area contributed by atoms with Crippen molar-refractivity contribution >= 4 is 0 Å². The normalized spacial score (nSPS) is 26.4. The number of hydrogen-bond donors (Lipinski definition) is 1. The molecule has 1 aliphatic rings. The zero-order valence-electron chi connectivity index (χ0n) is 7.73. The van der Waals surface area contributed by atoms with Crippen molar-refractivity contribution in [2.45, 2.75) is 34.1 Å². The van der Waals surface area contributed by atoms with E-state index in [-0.39, 0.29) is 0 Å². The molecule has 0 radical (unpaired) electrons. The Balaban J connectivity index is 3.07. The Morgan fingerprint density at radius 1 is 1.27 bits per heavy atom. The predicted molar refractivity (Wildman–Crippen MR) is 47.5 cm³/mol. The molecule has 0 aromatic rings. The maximum absolute atomic E-state index is 9.61. The summed E-state index contributed by atoms with van der Waals surface area (Å²) in [5.41, 5.74) is 3.52. The van der Waals surface area contributed by atoms with E-state index in [1.54, 1.807) is 0 Å². The molecule has 0 aliphatic heterocycles. The highest BCUT2D eigenvalue weighted by Gasteiger charge is 2.18. The first kappa shape index (κ1) is 8.38.